The van der Waals surface area contributed by atoms with E-state index in [0.717, 1.165) is 22.3 Å². The summed E-state index contributed by atoms with van der Waals surface area (Å²) >= 11 is 14.3. The molecule has 188 valence electrons. The van der Waals surface area contributed by atoms with Crippen molar-refractivity contribution in [2.45, 2.75) is 36.8 Å². The molecule has 1 aliphatic carbocycles. The van der Waals surface area contributed by atoms with Gasteiger partial charge in [0.1, 0.15) is 5.78 Å². The van der Waals surface area contributed by atoms with Crippen molar-refractivity contribution in [1.82, 2.24) is 20.2 Å². The van der Waals surface area contributed by atoms with Crippen LogP contribution in [0.2, 0.25) is 10.0 Å². The molecule has 3 aromatic carbocycles. The van der Waals surface area contributed by atoms with Crippen molar-refractivity contribution < 1.29 is 14.7 Å². The van der Waals surface area contributed by atoms with Crippen LogP contribution in [0.4, 0.5) is 0 Å². The summed E-state index contributed by atoms with van der Waals surface area (Å²) < 4.78 is 1.56. The summed E-state index contributed by atoms with van der Waals surface area (Å²) in [7, 11) is 0. The average Bonchev–Trinajstić information content (AvgIpc) is 3.62. The van der Waals surface area contributed by atoms with Gasteiger partial charge in [0, 0.05) is 11.4 Å². The van der Waals surface area contributed by atoms with Crippen molar-refractivity contribution >= 4 is 46.7 Å². The number of benzene rings is 3. The first-order valence-corrected chi connectivity index (χ1v) is 13.4. The highest BCUT2D eigenvalue weighted by Gasteiger charge is 2.24. The van der Waals surface area contributed by atoms with E-state index in [2.05, 4.69) is 21.6 Å². The summed E-state index contributed by atoms with van der Waals surface area (Å²) in [5.74, 6) is -0.105. The lowest BCUT2D eigenvalue weighted by Crippen LogP contribution is -2.08. The number of aliphatic carboxylic acids is 1. The first-order valence-electron chi connectivity index (χ1n) is 11.7. The van der Waals surface area contributed by atoms with Crippen LogP contribution in [0.1, 0.15) is 35.4 Å². The van der Waals surface area contributed by atoms with E-state index in [1.807, 2.05) is 42.5 Å². The highest BCUT2D eigenvalue weighted by atomic mass is 35.5. The molecule has 0 saturated heterocycles. The lowest BCUT2D eigenvalue weighted by Gasteiger charge is -2.09. The largest absolute Gasteiger partial charge is 0.481 e. The van der Waals surface area contributed by atoms with Gasteiger partial charge >= 0.3 is 5.97 Å². The van der Waals surface area contributed by atoms with Crippen molar-refractivity contribution in [3.8, 4) is 16.8 Å². The number of rotatable bonds is 10. The standard InChI is InChI=1S/C27H22Cl2N4O3S/c28-23-13-19(17-3-1-16(2-4-17)11-26(35)36)7-8-21(23)12-22(34)15-37-27-30-31-32-33(27)25-10-9-20(14-24(25)29)18-5-6-18/h1-4,7-10,13-14,18H,5-6,11-12,15H2,(H,35,36). The van der Waals surface area contributed by atoms with Gasteiger partial charge in [-0.15, -0.1) is 5.10 Å². The van der Waals surface area contributed by atoms with Crippen molar-refractivity contribution in [2.24, 2.45) is 0 Å². The molecule has 1 heterocycles. The van der Waals surface area contributed by atoms with E-state index >= 15 is 0 Å². The number of hydrogen-bond acceptors (Lipinski definition) is 6. The number of thioether (sulfide) groups is 1. The molecule has 10 heteroatoms. The lowest BCUT2D eigenvalue weighted by molar-refractivity contribution is -0.136. The SMILES string of the molecule is O=C(O)Cc1ccc(-c2ccc(CC(=O)CSc3nnnn3-c3ccc(C4CC4)cc3Cl)c(Cl)c2)cc1. The summed E-state index contributed by atoms with van der Waals surface area (Å²) in [6.07, 6.45) is 2.55. The molecule has 7 nitrogen and oxygen atoms in total. The molecule has 5 rings (SSSR count). The fourth-order valence-electron chi connectivity index (χ4n) is 4.05. The minimum Gasteiger partial charge on any atom is -0.481 e. The maximum Gasteiger partial charge on any atom is 0.307 e. The Kier molecular flexibility index (Phi) is 7.60. The predicted octanol–water partition coefficient (Wildman–Crippen LogP) is 6.04. The molecule has 0 unspecified atom stereocenters. The second-order valence-electron chi connectivity index (χ2n) is 8.94. The maximum absolute atomic E-state index is 12.8. The molecule has 37 heavy (non-hydrogen) atoms. The summed E-state index contributed by atoms with van der Waals surface area (Å²) in [5, 5.41) is 22.4. The van der Waals surface area contributed by atoms with Gasteiger partial charge in [0.25, 0.3) is 0 Å². The Morgan fingerprint density at radius 1 is 0.946 bits per heavy atom. The number of carboxylic acid groups (broad SMARTS) is 1. The Morgan fingerprint density at radius 2 is 1.70 bits per heavy atom. The second kappa shape index (κ2) is 11.0. The summed E-state index contributed by atoms with van der Waals surface area (Å²) in [5.41, 5.74) is 5.17. The quantitative estimate of drug-likeness (QED) is 0.239. The second-order valence-corrected chi connectivity index (χ2v) is 10.7. The van der Waals surface area contributed by atoms with Gasteiger partial charge in [-0.2, -0.15) is 4.68 Å². The first kappa shape index (κ1) is 25.4. The molecule has 0 radical (unpaired) electrons. The number of nitrogens with zero attached hydrogens (tertiary/aromatic N) is 4. The Balaban J connectivity index is 1.21. The monoisotopic (exact) mass is 552 g/mol. The number of tetrazole rings is 1. The van der Waals surface area contributed by atoms with Crippen LogP contribution in [-0.4, -0.2) is 42.8 Å². The Hall–Kier alpha value is -3.20. The van der Waals surface area contributed by atoms with E-state index in [1.165, 1.54) is 30.2 Å². The van der Waals surface area contributed by atoms with Crippen LogP contribution in [0.15, 0.2) is 65.8 Å². The number of carbonyl (C=O) groups excluding carboxylic acids is 1. The van der Waals surface area contributed by atoms with Crippen LogP contribution in [0.3, 0.4) is 0 Å². The van der Waals surface area contributed by atoms with Crippen molar-refractivity contribution in [1.29, 1.82) is 0 Å². The molecule has 1 aromatic heterocycles. The van der Waals surface area contributed by atoms with Crippen LogP contribution in [0.25, 0.3) is 16.8 Å². The van der Waals surface area contributed by atoms with E-state index in [4.69, 9.17) is 28.3 Å². The third-order valence-corrected chi connectivity index (χ3v) is 7.77. The topological polar surface area (TPSA) is 98.0 Å². The minimum atomic E-state index is -0.870. The lowest BCUT2D eigenvalue weighted by atomic mass is 10.0. The van der Waals surface area contributed by atoms with Gasteiger partial charge in [-0.1, -0.05) is 77.4 Å². The number of ketones is 1. The van der Waals surface area contributed by atoms with Crippen LogP contribution < -0.4 is 0 Å². The van der Waals surface area contributed by atoms with Crippen LogP contribution in [0, 0.1) is 0 Å². The first-order chi connectivity index (χ1) is 17.9. The Morgan fingerprint density at radius 3 is 2.38 bits per heavy atom. The average molecular weight is 553 g/mol. The predicted molar refractivity (Wildman–Crippen MR) is 144 cm³/mol. The number of Topliss-reactive ketones (excluding diaryl/α,β-unsaturated/α-hetero) is 1. The van der Waals surface area contributed by atoms with Gasteiger partial charge < -0.3 is 5.11 Å². The smallest absolute Gasteiger partial charge is 0.307 e. The van der Waals surface area contributed by atoms with E-state index in [0.29, 0.717) is 26.8 Å². The van der Waals surface area contributed by atoms with E-state index in [1.54, 1.807) is 16.8 Å². The van der Waals surface area contributed by atoms with E-state index in [9.17, 15) is 9.59 Å². The molecule has 0 amide bonds. The fourth-order valence-corrected chi connectivity index (χ4v) is 5.31. The fraction of sp³-hybridized carbons (Fsp3) is 0.222. The van der Waals surface area contributed by atoms with Crippen molar-refractivity contribution in [3.63, 3.8) is 0 Å². The van der Waals surface area contributed by atoms with Gasteiger partial charge in [-0.3, -0.25) is 9.59 Å². The third kappa shape index (κ3) is 6.21. The highest BCUT2D eigenvalue weighted by Crippen LogP contribution is 2.41. The number of halogens is 2. The highest BCUT2D eigenvalue weighted by molar-refractivity contribution is 7.99. The van der Waals surface area contributed by atoms with Crippen LogP contribution in [-0.2, 0) is 22.4 Å². The van der Waals surface area contributed by atoms with Crippen molar-refractivity contribution in [2.75, 3.05) is 5.75 Å². The summed E-state index contributed by atoms with van der Waals surface area (Å²) in [6.45, 7) is 0. The van der Waals surface area contributed by atoms with E-state index in [-0.39, 0.29) is 24.4 Å². The molecule has 0 spiro atoms. The van der Waals surface area contributed by atoms with Crippen LogP contribution >= 0.6 is 35.0 Å². The number of hydrogen-bond donors (Lipinski definition) is 1. The zero-order valence-electron chi connectivity index (χ0n) is 19.6. The van der Waals surface area contributed by atoms with Gasteiger partial charge in [0.2, 0.25) is 5.16 Å². The maximum atomic E-state index is 12.8. The molecule has 1 aliphatic rings. The number of carbonyl (C=O) groups is 2. The number of aromatic nitrogens is 4. The minimum absolute atomic E-state index is 0.0117. The third-order valence-electron chi connectivity index (χ3n) is 6.14. The molecule has 0 bridgehead atoms. The Labute approximate surface area is 227 Å². The molecular formula is C27H22Cl2N4O3S. The van der Waals surface area contributed by atoms with Gasteiger partial charge in [0.15, 0.2) is 0 Å². The van der Waals surface area contributed by atoms with E-state index < -0.39 is 5.97 Å². The van der Waals surface area contributed by atoms with Gasteiger partial charge in [-0.05, 0) is 75.2 Å². The summed E-state index contributed by atoms with van der Waals surface area (Å²) in [6, 6.07) is 18.8. The van der Waals surface area contributed by atoms with Gasteiger partial charge in [0.05, 0.1) is 22.9 Å². The Bertz CT molecular complexity index is 1470. The molecule has 0 aliphatic heterocycles. The molecular weight excluding hydrogens is 531 g/mol. The molecule has 1 fully saturated rings. The number of carboxylic acids is 1. The normalized spacial score (nSPS) is 13.0. The van der Waals surface area contributed by atoms with Crippen LogP contribution in [0.5, 0.6) is 0 Å². The molecule has 1 N–H and O–H groups in total. The van der Waals surface area contributed by atoms with Crippen molar-refractivity contribution in [3.05, 3.63) is 87.4 Å². The molecule has 1 saturated carbocycles. The summed E-state index contributed by atoms with van der Waals surface area (Å²) in [4.78, 5) is 23.6. The zero-order valence-corrected chi connectivity index (χ0v) is 21.9. The molecule has 4 aromatic rings. The molecule has 0 atom stereocenters. The zero-order chi connectivity index (χ0) is 25.9. The van der Waals surface area contributed by atoms with Gasteiger partial charge in [-0.25, -0.2) is 0 Å².